The van der Waals surface area contributed by atoms with Crippen molar-refractivity contribution in [2.75, 3.05) is 31.1 Å². The molecule has 3 rings (SSSR count). The molecule has 0 saturated carbocycles. The standard InChI is InChI=1S/C16H23IN4O3/c1-11(2)24-16(22)20-7-4-12(5-8-20)21-6-3-9-23-13-14(17)18-10-19-15(13)21/h10-12H,3-9H2,1-2H3. The van der Waals surface area contributed by atoms with Crippen molar-refractivity contribution >= 4 is 34.5 Å². The van der Waals surface area contributed by atoms with Gasteiger partial charge in [0.25, 0.3) is 0 Å². The molecule has 1 aromatic rings. The highest BCUT2D eigenvalue weighted by molar-refractivity contribution is 14.1. The maximum Gasteiger partial charge on any atom is 0.410 e. The highest BCUT2D eigenvalue weighted by Crippen LogP contribution is 2.34. The number of hydrogen-bond donors (Lipinski definition) is 0. The first-order valence-electron chi connectivity index (χ1n) is 8.41. The second-order valence-corrected chi connectivity index (χ2v) is 7.39. The molecule has 0 aliphatic carbocycles. The van der Waals surface area contributed by atoms with Crippen molar-refractivity contribution in [2.45, 2.75) is 45.3 Å². The number of fused-ring (bicyclic) bond motifs is 1. The summed E-state index contributed by atoms with van der Waals surface area (Å²) in [6.07, 6.45) is 4.09. The molecule has 1 amide bonds. The number of ether oxygens (including phenoxy) is 2. The number of likely N-dealkylation sites (tertiary alicyclic amines) is 1. The normalized spacial score (nSPS) is 18.8. The van der Waals surface area contributed by atoms with Crippen LogP contribution in [0.5, 0.6) is 5.75 Å². The maximum absolute atomic E-state index is 12.0. The van der Waals surface area contributed by atoms with E-state index in [1.807, 2.05) is 13.8 Å². The quantitative estimate of drug-likeness (QED) is 0.514. The smallest absolute Gasteiger partial charge is 0.410 e. The Bertz CT molecular complexity index is 591. The second kappa shape index (κ2) is 7.71. The van der Waals surface area contributed by atoms with Gasteiger partial charge in [-0.1, -0.05) is 0 Å². The van der Waals surface area contributed by atoms with Crippen LogP contribution in [0.3, 0.4) is 0 Å². The molecule has 0 bridgehead atoms. The third-order valence-electron chi connectivity index (χ3n) is 4.30. The second-order valence-electron chi connectivity index (χ2n) is 6.36. The molecular weight excluding hydrogens is 423 g/mol. The van der Waals surface area contributed by atoms with Gasteiger partial charge in [-0.2, -0.15) is 0 Å². The minimum Gasteiger partial charge on any atom is -0.487 e. The SMILES string of the molecule is CC(C)OC(=O)N1CCC(N2CCCOc3c(I)ncnc32)CC1. The molecule has 2 aliphatic heterocycles. The third kappa shape index (κ3) is 3.84. The largest absolute Gasteiger partial charge is 0.487 e. The topological polar surface area (TPSA) is 67.8 Å². The average molecular weight is 446 g/mol. The van der Waals surface area contributed by atoms with Crippen molar-refractivity contribution in [3.8, 4) is 5.75 Å². The molecule has 3 heterocycles. The molecule has 1 fully saturated rings. The number of anilines is 1. The summed E-state index contributed by atoms with van der Waals surface area (Å²) in [6, 6.07) is 0.360. The zero-order valence-corrected chi connectivity index (χ0v) is 16.2. The van der Waals surface area contributed by atoms with Crippen molar-refractivity contribution in [3.63, 3.8) is 0 Å². The Kier molecular flexibility index (Phi) is 5.62. The Morgan fingerprint density at radius 1 is 1.33 bits per heavy atom. The fraction of sp³-hybridized carbons (Fsp3) is 0.688. The van der Waals surface area contributed by atoms with Crippen molar-refractivity contribution in [3.05, 3.63) is 10.0 Å². The van der Waals surface area contributed by atoms with Crippen LogP contribution in [0, 0.1) is 3.70 Å². The van der Waals surface area contributed by atoms with Gasteiger partial charge in [-0.25, -0.2) is 14.8 Å². The highest BCUT2D eigenvalue weighted by Gasteiger charge is 2.31. The van der Waals surface area contributed by atoms with E-state index in [9.17, 15) is 4.79 Å². The van der Waals surface area contributed by atoms with E-state index in [4.69, 9.17) is 9.47 Å². The summed E-state index contributed by atoms with van der Waals surface area (Å²) < 4.78 is 12.0. The van der Waals surface area contributed by atoms with E-state index in [1.54, 1.807) is 11.2 Å². The minimum absolute atomic E-state index is 0.0800. The van der Waals surface area contributed by atoms with Gasteiger partial charge in [0.2, 0.25) is 0 Å². The molecular formula is C16H23IN4O3. The van der Waals surface area contributed by atoms with Gasteiger partial charge in [0, 0.05) is 25.7 Å². The van der Waals surface area contributed by atoms with Crippen molar-refractivity contribution < 1.29 is 14.3 Å². The Balaban J connectivity index is 1.69. The summed E-state index contributed by atoms with van der Waals surface area (Å²) in [6.45, 7) is 6.78. The molecule has 1 aromatic heterocycles. The van der Waals surface area contributed by atoms with Crippen LogP contribution in [0.1, 0.15) is 33.1 Å². The number of piperidine rings is 1. The van der Waals surface area contributed by atoms with Gasteiger partial charge in [0.15, 0.2) is 11.6 Å². The van der Waals surface area contributed by atoms with Crippen molar-refractivity contribution in [2.24, 2.45) is 0 Å². The first-order valence-corrected chi connectivity index (χ1v) is 9.49. The number of hydrogen-bond acceptors (Lipinski definition) is 6. The minimum atomic E-state index is -0.208. The van der Waals surface area contributed by atoms with Gasteiger partial charge in [-0.3, -0.25) is 0 Å². The van der Waals surface area contributed by atoms with E-state index in [-0.39, 0.29) is 12.2 Å². The number of nitrogens with zero attached hydrogens (tertiary/aromatic N) is 4. The Labute approximate surface area is 155 Å². The molecule has 2 aliphatic rings. The lowest BCUT2D eigenvalue weighted by Gasteiger charge is -2.38. The lowest BCUT2D eigenvalue weighted by molar-refractivity contribution is 0.0690. The van der Waals surface area contributed by atoms with Gasteiger partial charge < -0.3 is 19.3 Å². The van der Waals surface area contributed by atoms with Crippen LogP contribution in [0.25, 0.3) is 0 Å². The Morgan fingerprint density at radius 3 is 2.79 bits per heavy atom. The molecule has 0 atom stereocenters. The van der Waals surface area contributed by atoms with Crippen molar-refractivity contribution in [1.29, 1.82) is 0 Å². The Hall–Kier alpha value is -1.32. The van der Waals surface area contributed by atoms with E-state index in [0.29, 0.717) is 25.7 Å². The molecule has 0 spiro atoms. The summed E-state index contributed by atoms with van der Waals surface area (Å²) in [7, 11) is 0. The summed E-state index contributed by atoms with van der Waals surface area (Å²) in [5.41, 5.74) is 0. The number of halogens is 1. The summed E-state index contributed by atoms with van der Waals surface area (Å²) in [4.78, 5) is 24.9. The lowest BCUT2D eigenvalue weighted by Crippen LogP contribution is -2.47. The predicted molar refractivity (Wildman–Crippen MR) is 98.4 cm³/mol. The molecule has 0 unspecified atom stereocenters. The number of rotatable bonds is 2. The molecule has 1 saturated heterocycles. The lowest BCUT2D eigenvalue weighted by atomic mass is 10.0. The molecule has 0 aromatic carbocycles. The highest BCUT2D eigenvalue weighted by atomic mass is 127. The van der Waals surface area contributed by atoms with Gasteiger partial charge in [0.05, 0.1) is 12.7 Å². The fourth-order valence-electron chi connectivity index (χ4n) is 3.18. The number of aromatic nitrogens is 2. The third-order valence-corrected chi connectivity index (χ3v) is 5.07. The van der Waals surface area contributed by atoms with Crippen LogP contribution in [-0.4, -0.2) is 59.3 Å². The molecule has 0 N–H and O–H groups in total. The molecule has 0 radical (unpaired) electrons. The monoisotopic (exact) mass is 446 g/mol. The summed E-state index contributed by atoms with van der Waals surface area (Å²) >= 11 is 2.19. The molecule has 7 nitrogen and oxygen atoms in total. The maximum atomic E-state index is 12.0. The van der Waals surface area contributed by atoms with Gasteiger partial charge in [-0.05, 0) is 55.7 Å². The molecule has 24 heavy (non-hydrogen) atoms. The zero-order valence-electron chi connectivity index (χ0n) is 14.1. The number of amides is 1. The van der Waals surface area contributed by atoms with Crippen LogP contribution in [-0.2, 0) is 4.74 Å². The number of carbonyl (C=O) groups excluding carboxylic acids is 1. The first-order chi connectivity index (χ1) is 11.6. The van der Waals surface area contributed by atoms with Crippen LogP contribution in [0.15, 0.2) is 6.33 Å². The Morgan fingerprint density at radius 2 is 2.08 bits per heavy atom. The van der Waals surface area contributed by atoms with E-state index in [1.165, 1.54) is 0 Å². The molecule has 8 heteroatoms. The van der Waals surface area contributed by atoms with Gasteiger partial charge in [-0.15, -0.1) is 0 Å². The van der Waals surface area contributed by atoms with Crippen molar-refractivity contribution in [1.82, 2.24) is 14.9 Å². The van der Waals surface area contributed by atoms with Crippen LogP contribution < -0.4 is 9.64 Å². The summed E-state index contributed by atoms with van der Waals surface area (Å²) in [5, 5.41) is 0. The molecule has 132 valence electrons. The van der Waals surface area contributed by atoms with Gasteiger partial charge in [0.1, 0.15) is 10.0 Å². The van der Waals surface area contributed by atoms with Crippen LogP contribution in [0.2, 0.25) is 0 Å². The van der Waals surface area contributed by atoms with Crippen LogP contribution >= 0.6 is 22.6 Å². The van der Waals surface area contributed by atoms with E-state index < -0.39 is 0 Å². The fourth-order valence-corrected chi connectivity index (χ4v) is 3.70. The average Bonchev–Trinajstić information content (AvgIpc) is 2.78. The van der Waals surface area contributed by atoms with Gasteiger partial charge >= 0.3 is 6.09 Å². The predicted octanol–water partition coefficient (Wildman–Crippen LogP) is 2.68. The summed E-state index contributed by atoms with van der Waals surface area (Å²) in [5.74, 6) is 1.67. The van der Waals surface area contributed by atoms with E-state index >= 15 is 0 Å². The van der Waals surface area contributed by atoms with E-state index in [0.717, 1.165) is 41.1 Å². The number of carbonyl (C=O) groups is 1. The van der Waals surface area contributed by atoms with Crippen LogP contribution in [0.4, 0.5) is 10.6 Å². The zero-order chi connectivity index (χ0) is 17.1. The first kappa shape index (κ1) is 17.5. The van der Waals surface area contributed by atoms with E-state index in [2.05, 4.69) is 37.5 Å².